The maximum absolute atomic E-state index is 12.8. The highest BCUT2D eigenvalue weighted by molar-refractivity contribution is 6.08. The molecule has 21 heavy (non-hydrogen) atoms. The first-order chi connectivity index (χ1) is 10.1. The van der Waals surface area contributed by atoms with Gasteiger partial charge in [0, 0.05) is 12.2 Å². The number of ether oxygens (including phenoxy) is 1. The Morgan fingerprint density at radius 1 is 1.14 bits per heavy atom. The zero-order chi connectivity index (χ0) is 15.4. The third kappa shape index (κ3) is 3.07. The molecule has 0 fully saturated rings. The van der Waals surface area contributed by atoms with E-state index in [2.05, 4.69) is 13.0 Å². The Bertz CT molecular complexity index is 649. The van der Waals surface area contributed by atoms with Crippen LogP contribution in [0.5, 0.6) is 5.75 Å². The topological polar surface area (TPSA) is 29.5 Å². The SMILES string of the molecule is CCN(C(=O)c1ccccc1OC)c1ccc(C)cc1C. The minimum Gasteiger partial charge on any atom is -0.496 e. The van der Waals surface area contributed by atoms with Crippen LogP contribution >= 0.6 is 0 Å². The average Bonchev–Trinajstić information content (AvgIpc) is 2.49. The third-order valence-electron chi connectivity index (χ3n) is 3.54. The summed E-state index contributed by atoms with van der Waals surface area (Å²) in [6, 6.07) is 13.4. The molecule has 0 saturated carbocycles. The molecule has 0 spiro atoms. The number of nitrogens with zero attached hydrogens (tertiary/aromatic N) is 1. The van der Waals surface area contributed by atoms with Crippen LogP contribution in [0.15, 0.2) is 42.5 Å². The van der Waals surface area contributed by atoms with Gasteiger partial charge in [0.25, 0.3) is 5.91 Å². The maximum atomic E-state index is 12.8. The first kappa shape index (κ1) is 15.1. The average molecular weight is 283 g/mol. The van der Waals surface area contributed by atoms with E-state index < -0.39 is 0 Å². The summed E-state index contributed by atoms with van der Waals surface area (Å²) in [7, 11) is 1.58. The summed E-state index contributed by atoms with van der Waals surface area (Å²) in [6.45, 7) is 6.67. The molecule has 0 heterocycles. The second-order valence-electron chi connectivity index (χ2n) is 5.04. The second kappa shape index (κ2) is 6.44. The van der Waals surface area contributed by atoms with Crippen LogP contribution in [0.3, 0.4) is 0 Å². The molecule has 0 aliphatic rings. The fraction of sp³-hybridized carbons (Fsp3) is 0.278. The number of carbonyl (C=O) groups is 1. The summed E-state index contributed by atoms with van der Waals surface area (Å²) >= 11 is 0. The number of methoxy groups -OCH3 is 1. The molecule has 3 nitrogen and oxygen atoms in total. The lowest BCUT2D eigenvalue weighted by Crippen LogP contribution is -2.31. The van der Waals surface area contributed by atoms with Crippen LogP contribution in [-0.2, 0) is 0 Å². The van der Waals surface area contributed by atoms with Crippen molar-refractivity contribution in [2.45, 2.75) is 20.8 Å². The molecule has 0 aromatic heterocycles. The van der Waals surface area contributed by atoms with Gasteiger partial charge in [-0.3, -0.25) is 4.79 Å². The van der Waals surface area contributed by atoms with Crippen LogP contribution in [-0.4, -0.2) is 19.6 Å². The maximum Gasteiger partial charge on any atom is 0.262 e. The van der Waals surface area contributed by atoms with Crippen LogP contribution in [0.25, 0.3) is 0 Å². The summed E-state index contributed by atoms with van der Waals surface area (Å²) in [5.74, 6) is 0.563. The number of aryl methyl sites for hydroxylation is 2. The van der Waals surface area contributed by atoms with Gasteiger partial charge in [0.05, 0.1) is 12.7 Å². The monoisotopic (exact) mass is 283 g/mol. The van der Waals surface area contributed by atoms with Gasteiger partial charge in [-0.2, -0.15) is 0 Å². The van der Waals surface area contributed by atoms with E-state index in [0.717, 1.165) is 11.3 Å². The largest absolute Gasteiger partial charge is 0.496 e. The van der Waals surface area contributed by atoms with Crippen molar-refractivity contribution in [3.8, 4) is 5.75 Å². The Kier molecular flexibility index (Phi) is 4.63. The fourth-order valence-electron chi connectivity index (χ4n) is 2.50. The zero-order valence-electron chi connectivity index (χ0n) is 13.0. The summed E-state index contributed by atoms with van der Waals surface area (Å²) in [5.41, 5.74) is 3.82. The van der Waals surface area contributed by atoms with Gasteiger partial charge in [0.15, 0.2) is 0 Å². The van der Waals surface area contributed by atoms with Gasteiger partial charge in [-0.1, -0.05) is 29.8 Å². The molecule has 110 valence electrons. The zero-order valence-corrected chi connectivity index (χ0v) is 13.0. The van der Waals surface area contributed by atoms with Crippen molar-refractivity contribution in [1.29, 1.82) is 0 Å². The van der Waals surface area contributed by atoms with Crippen molar-refractivity contribution in [2.75, 3.05) is 18.6 Å². The molecule has 1 amide bonds. The van der Waals surface area contributed by atoms with Crippen LogP contribution in [0, 0.1) is 13.8 Å². The number of amides is 1. The first-order valence-corrected chi connectivity index (χ1v) is 7.10. The van der Waals surface area contributed by atoms with Crippen molar-refractivity contribution in [3.63, 3.8) is 0 Å². The van der Waals surface area contributed by atoms with Crippen molar-refractivity contribution >= 4 is 11.6 Å². The molecule has 2 aromatic carbocycles. The van der Waals surface area contributed by atoms with Crippen molar-refractivity contribution < 1.29 is 9.53 Å². The Morgan fingerprint density at radius 2 is 1.86 bits per heavy atom. The van der Waals surface area contributed by atoms with Crippen molar-refractivity contribution in [2.24, 2.45) is 0 Å². The molecule has 0 atom stereocenters. The number of carbonyl (C=O) groups excluding carboxylic acids is 1. The van der Waals surface area contributed by atoms with Gasteiger partial charge >= 0.3 is 0 Å². The summed E-state index contributed by atoms with van der Waals surface area (Å²) in [5, 5.41) is 0. The molecular formula is C18H21NO2. The minimum absolute atomic E-state index is 0.0399. The summed E-state index contributed by atoms with van der Waals surface area (Å²) in [4.78, 5) is 14.6. The number of hydrogen-bond donors (Lipinski definition) is 0. The number of benzene rings is 2. The highest BCUT2D eigenvalue weighted by Gasteiger charge is 2.20. The van der Waals surface area contributed by atoms with Crippen LogP contribution < -0.4 is 9.64 Å². The summed E-state index contributed by atoms with van der Waals surface area (Å²) < 4.78 is 5.30. The third-order valence-corrected chi connectivity index (χ3v) is 3.54. The van der Waals surface area contributed by atoms with E-state index in [1.54, 1.807) is 18.1 Å². The quantitative estimate of drug-likeness (QED) is 0.849. The summed E-state index contributed by atoms with van der Waals surface area (Å²) in [6.07, 6.45) is 0. The molecule has 0 saturated heterocycles. The first-order valence-electron chi connectivity index (χ1n) is 7.10. The molecule has 0 radical (unpaired) electrons. The number of anilines is 1. The second-order valence-corrected chi connectivity index (χ2v) is 5.04. The van der Waals surface area contributed by atoms with Gasteiger partial charge in [0.2, 0.25) is 0 Å². The highest BCUT2D eigenvalue weighted by atomic mass is 16.5. The Balaban J connectivity index is 2.43. The molecule has 0 aliphatic heterocycles. The van der Waals surface area contributed by atoms with Gasteiger partial charge < -0.3 is 9.64 Å². The normalized spacial score (nSPS) is 10.3. The van der Waals surface area contributed by atoms with E-state index in [1.165, 1.54) is 5.56 Å². The molecular weight excluding hydrogens is 262 g/mol. The molecule has 0 unspecified atom stereocenters. The Labute approximate surface area is 126 Å². The number of rotatable bonds is 4. The highest BCUT2D eigenvalue weighted by Crippen LogP contribution is 2.26. The van der Waals surface area contributed by atoms with E-state index in [-0.39, 0.29) is 5.91 Å². The van der Waals surface area contributed by atoms with Gasteiger partial charge in [-0.15, -0.1) is 0 Å². The van der Waals surface area contributed by atoms with E-state index >= 15 is 0 Å². The van der Waals surface area contributed by atoms with Crippen molar-refractivity contribution in [3.05, 3.63) is 59.2 Å². The van der Waals surface area contributed by atoms with Gasteiger partial charge in [-0.25, -0.2) is 0 Å². The van der Waals surface area contributed by atoms with E-state index in [0.29, 0.717) is 17.9 Å². The van der Waals surface area contributed by atoms with Crippen LogP contribution in [0.4, 0.5) is 5.69 Å². The predicted octanol–water partition coefficient (Wildman–Crippen LogP) is 3.98. The number of hydrogen-bond acceptors (Lipinski definition) is 2. The number of para-hydroxylation sites is 1. The molecule has 0 aliphatic carbocycles. The van der Waals surface area contributed by atoms with Gasteiger partial charge in [0.1, 0.15) is 5.75 Å². The molecule has 2 rings (SSSR count). The molecule has 3 heteroatoms. The fourth-order valence-corrected chi connectivity index (χ4v) is 2.50. The molecule has 0 N–H and O–H groups in total. The molecule has 0 bridgehead atoms. The lowest BCUT2D eigenvalue weighted by atomic mass is 10.1. The smallest absolute Gasteiger partial charge is 0.262 e. The van der Waals surface area contributed by atoms with Gasteiger partial charge in [-0.05, 0) is 44.5 Å². The molecule has 2 aromatic rings. The van der Waals surface area contributed by atoms with E-state index in [9.17, 15) is 4.79 Å². The van der Waals surface area contributed by atoms with Crippen LogP contribution in [0.1, 0.15) is 28.4 Å². The lowest BCUT2D eigenvalue weighted by molar-refractivity contribution is 0.0985. The lowest BCUT2D eigenvalue weighted by Gasteiger charge is -2.24. The Hall–Kier alpha value is -2.29. The van der Waals surface area contributed by atoms with E-state index in [1.807, 2.05) is 44.2 Å². The van der Waals surface area contributed by atoms with Crippen molar-refractivity contribution in [1.82, 2.24) is 0 Å². The standard InChI is InChI=1S/C18H21NO2/c1-5-19(16-11-10-13(2)12-14(16)3)18(20)15-8-6-7-9-17(15)21-4/h6-12H,5H2,1-4H3. The Morgan fingerprint density at radius 3 is 2.48 bits per heavy atom. The van der Waals surface area contributed by atoms with E-state index in [4.69, 9.17) is 4.74 Å². The van der Waals surface area contributed by atoms with Crippen LogP contribution in [0.2, 0.25) is 0 Å². The minimum atomic E-state index is -0.0399. The predicted molar refractivity (Wildman–Crippen MR) is 86.3 cm³/mol.